The van der Waals surface area contributed by atoms with E-state index >= 15 is 0 Å². The van der Waals surface area contributed by atoms with Gasteiger partial charge in [-0.2, -0.15) is 0 Å². The van der Waals surface area contributed by atoms with Crippen LogP contribution in [0.4, 0.5) is 4.79 Å². The molecule has 0 aliphatic heterocycles. The van der Waals surface area contributed by atoms with Gasteiger partial charge >= 0.3 is 6.09 Å². The number of hydrogen-bond donors (Lipinski definition) is 4. The molecule has 0 spiro atoms. The van der Waals surface area contributed by atoms with Gasteiger partial charge in [0.05, 0.1) is 6.04 Å². The molecule has 0 saturated heterocycles. The SMILES string of the molecule is CCC[C@H](NC(=O)[C@H](CC(C)C)NC(=O)[C@@H](NC(=O)OCc1ccccc1)C(C)C)C(=O)C(=O)NC1CC1. The van der Waals surface area contributed by atoms with Crippen molar-refractivity contribution < 1.29 is 28.7 Å². The maximum Gasteiger partial charge on any atom is 0.408 e. The fourth-order valence-corrected chi connectivity index (χ4v) is 3.86. The number of ketones is 1. The quantitative estimate of drug-likeness (QED) is 0.257. The molecular weight excluding hydrogens is 488 g/mol. The standard InChI is InChI=1S/C28H42N4O6/c1-6-10-21(24(33)27(36)29-20-13-14-20)30-25(34)22(15-17(2)3)31-26(35)23(18(4)5)32-28(37)38-16-19-11-8-7-9-12-19/h7-9,11-12,17-18,20-23H,6,10,13-16H2,1-5H3,(H,29,36)(H,30,34)(H,31,35)(H,32,37)/t21-,22-,23-/m0/s1. The van der Waals surface area contributed by atoms with Crippen LogP contribution in [0.2, 0.25) is 0 Å². The van der Waals surface area contributed by atoms with Gasteiger partial charge in [-0.15, -0.1) is 0 Å². The second kappa shape index (κ2) is 15.1. The maximum absolute atomic E-state index is 13.2. The highest BCUT2D eigenvalue weighted by atomic mass is 16.5. The lowest BCUT2D eigenvalue weighted by Crippen LogP contribution is -2.58. The first kappa shape index (κ1) is 30.8. The van der Waals surface area contributed by atoms with E-state index in [1.54, 1.807) is 13.8 Å². The summed E-state index contributed by atoms with van der Waals surface area (Å²) >= 11 is 0. The molecule has 1 aliphatic rings. The third-order valence-corrected chi connectivity index (χ3v) is 6.12. The molecule has 0 heterocycles. The highest BCUT2D eigenvalue weighted by molar-refractivity contribution is 6.38. The van der Waals surface area contributed by atoms with Crippen LogP contribution in [0, 0.1) is 11.8 Å². The third-order valence-electron chi connectivity index (χ3n) is 6.12. The average molecular weight is 531 g/mol. The Morgan fingerprint density at radius 3 is 2.08 bits per heavy atom. The zero-order chi connectivity index (χ0) is 28.2. The highest BCUT2D eigenvalue weighted by Crippen LogP contribution is 2.18. The molecule has 10 heteroatoms. The summed E-state index contributed by atoms with van der Waals surface area (Å²) in [5, 5.41) is 10.7. The summed E-state index contributed by atoms with van der Waals surface area (Å²) in [5.41, 5.74) is 0.809. The summed E-state index contributed by atoms with van der Waals surface area (Å²) in [6.07, 6.45) is 2.13. The topological polar surface area (TPSA) is 143 Å². The van der Waals surface area contributed by atoms with Crippen LogP contribution in [0.5, 0.6) is 0 Å². The van der Waals surface area contributed by atoms with Crippen molar-refractivity contribution in [1.29, 1.82) is 0 Å². The lowest BCUT2D eigenvalue weighted by molar-refractivity contribution is -0.140. The summed E-state index contributed by atoms with van der Waals surface area (Å²) in [4.78, 5) is 63.8. The van der Waals surface area contributed by atoms with Crippen molar-refractivity contribution in [3.63, 3.8) is 0 Å². The Labute approximate surface area is 225 Å². The molecule has 4 amide bonds. The molecule has 10 nitrogen and oxygen atoms in total. The number of hydrogen-bond acceptors (Lipinski definition) is 6. The molecular formula is C28H42N4O6. The minimum Gasteiger partial charge on any atom is -0.445 e. The highest BCUT2D eigenvalue weighted by Gasteiger charge is 2.34. The smallest absolute Gasteiger partial charge is 0.408 e. The summed E-state index contributed by atoms with van der Waals surface area (Å²) < 4.78 is 5.25. The minimum atomic E-state index is -0.982. The van der Waals surface area contributed by atoms with Crippen molar-refractivity contribution in [3.8, 4) is 0 Å². The van der Waals surface area contributed by atoms with Crippen LogP contribution in [-0.4, -0.2) is 53.8 Å². The summed E-state index contributed by atoms with van der Waals surface area (Å²) in [5.74, 6) is -2.72. The number of carbonyl (C=O) groups is 5. The van der Waals surface area contributed by atoms with Gasteiger partial charge in [0.1, 0.15) is 18.7 Å². The summed E-state index contributed by atoms with van der Waals surface area (Å²) in [6, 6.07) is 6.31. The number of amides is 4. The molecule has 1 aromatic carbocycles. The number of carbonyl (C=O) groups excluding carboxylic acids is 5. The average Bonchev–Trinajstić information content (AvgIpc) is 3.68. The van der Waals surface area contributed by atoms with Gasteiger partial charge in [-0.05, 0) is 43.1 Å². The van der Waals surface area contributed by atoms with E-state index in [1.807, 2.05) is 51.1 Å². The Morgan fingerprint density at radius 1 is 0.895 bits per heavy atom. The fourth-order valence-electron chi connectivity index (χ4n) is 3.86. The van der Waals surface area contributed by atoms with Crippen molar-refractivity contribution in [1.82, 2.24) is 21.3 Å². The van der Waals surface area contributed by atoms with E-state index in [0.717, 1.165) is 18.4 Å². The fraction of sp³-hybridized carbons (Fsp3) is 0.607. The third kappa shape index (κ3) is 10.5. The van der Waals surface area contributed by atoms with Crippen LogP contribution in [-0.2, 0) is 30.5 Å². The molecule has 210 valence electrons. The van der Waals surface area contributed by atoms with Crippen LogP contribution in [0.1, 0.15) is 72.3 Å². The normalized spacial score (nSPS) is 15.2. The molecule has 4 N–H and O–H groups in total. The van der Waals surface area contributed by atoms with E-state index < -0.39 is 47.7 Å². The van der Waals surface area contributed by atoms with Gasteiger partial charge in [-0.25, -0.2) is 4.79 Å². The molecule has 0 bridgehead atoms. The molecule has 3 atom stereocenters. The van der Waals surface area contributed by atoms with E-state index in [-0.39, 0.29) is 24.5 Å². The molecule has 1 aromatic rings. The minimum absolute atomic E-state index is 0.0252. The van der Waals surface area contributed by atoms with Gasteiger partial charge in [0.15, 0.2) is 0 Å². The molecule has 1 saturated carbocycles. The molecule has 0 aromatic heterocycles. The van der Waals surface area contributed by atoms with Crippen molar-refractivity contribution in [2.24, 2.45) is 11.8 Å². The first-order chi connectivity index (χ1) is 18.0. The van der Waals surface area contributed by atoms with Gasteiger partial charge in [0.2, 0.25) is 17.6 Å². The number of alkyl carbamates (subject to hydrolysis) is 1. The maximum atomic E-state index is 13.2. The second-order valence-electron chi connectivity index (χ2n) is 10.6. The molecule has 0 unspecified atom stereocenters. The Hall–Kier alpha value is -3.43. The van der Waals surface area contributed by atoms with Gasteiger partial charge in [-0.3, -0.25) is 19.2 Å². The monoisotopic (exact) mass is 530 g/mol. The van der Waals surface area contributed by atoms with Gasteiger partial charge in [0, 0.05) is 6.04 Å². The summed E-state index contributed by atoms with van der Waals surface area (Å²) in [7, 11) is 0. The number of ether oxygens (including phenoxy) is 1. The van der Waals surface area contributed by atoms with Crippen LogP contribution in [0.25, 0.3) is 0 Å². The molecule has 1 fully saturated rings. The van der Waals surface area contributed by atoms with Gasteiger partial charge in [0.25, 0.3) is 5.91 Å². The molecule has 0 radical (unpaired) electrons. The number of Topliss-reactive ketones (excluding diaryl/α,β-unsaturated/α-hetero) is 1. The van der Waals surface area contributed by atoms with Gasteiger partial charge in [-0.1, -0.05) is 71.4 Å². The Bertz CT molecular complexity index is 961. The van der Waals surface area contributed by atoms with E-state index in [0.29, 0.717) is 19.3 Å². The van der Waals surface area contributed by atoms with Crippen LogP contribution in [0.3, 0.4) is 0 Å². The van der Waals surface area contributed by atoms with E-state index in [4.69, 9.17) is 4.74 Å². The number of rotatable bonds is 15. The predicted molar refractivity (Wildman–Crippen MR) is 143 cm³/mol. The Morgan fingerprint density at radius 2 is 1.53 bits per heavy atom. The molecule has 1 aliphatic carbocycles. The van der Waals surface area contributed by atoms with Crippen molar-refractivity contribution in [2.75, 3.05) is 0 Å². The van der Waals surface area contributed by atoms with Crippen LogP contribution >= 0.6 is 0 Å². The first-order valence-corrected chi connectivity index (χ1v) is 13.4. The van der Waals surface area contributed by atoms with Crippen LogP contribution < -0.4 is 21.3 Å². The lowest BCUT2D eigenvalue weighted by Gasteiger charge is -2.27. The van der Waals surface area contributed by atoms with Crippen molar-refractivity contribution in [2.45, 2.75) is 97.5 Å². The predicted octanol–water partition coefficient (Wildman–Crippen LogP) is 2.60. The second-order valence-corrected chi connectivity index (χ2v) is 10.6. The largest absolute Gasteiger partial charge is 0.445 e. The lowest BCUT2D eigenvalue weighted by atomic mass is 9.99. The summed E-state index contributed by atoms with van der Waals surface area (Å²) in [6.45, 7) is 9.26. The number of benzene rings is 1. The van der Waals surface area contributed by atoms with E-state index in [9.17, 15) is 24.0 Å². The first-order valence-electron chi connectivity index (χ1n) is 13.4. The van der Waals surface area contributed by atoms with E-state index in [1.165, 1.54) is 0 Å². The van der Waals surface area contributed by atoms with Crippen molar-refractivity contribution in [3.05, 3.63) is 35.9 Å². The zero-order valence-electron chi connectivity index (χ0n) is 23.0. The van der Waals surface area contributed by atoms with Crippen molar-refractivity contribution >= 4 is 29.6 Å². The van der Waals surface area contributed by atoms with Crippen LogP contribution in [0.15, 0.2) is 30.3 Å². The number of nitrogens with one attached hydrogen (secondary N) is 4. The Kier molecular flexibility index (Phi) is 12.2. The zero-order valence-corrected chi connectivity index (χ0v) is 23.0. The molecule has 2 rings (SSSR count). The molecule has 38 heavy (non-hydrogen) atoms. The van der Waals surface area contributed by atoms with E-state index in [2.05, 4.69) is 21.3 Å². The Balaban J connectivity index is 2.03. The van der Waals surface area contributed by atoms with Gasteiger partial charge < -0.3 is 26.0 Å².